The van der Waals surface area contributed by atoms with Crippen LogP contribution in [0.1, 0.15) is 54.4 Å². The first kappa shape index (κ1) is 25.0. The highest BCUT2D eigenvalue weighted by atomic mass is 79.9. The van der Waals surface area contributed by atoms with Gasteiger partial charge in [0, 0.05) is 34.4 Å². The monoisotopic (exact) mass is 553 g/mol. The summed E-state index contributed by atoms with van der Waals surface area (Å²) in [5, 5.41) is 11.7. The number of rotatable bonds is 5. The molecule has 0 radical (unpaired) electrons. The molecule has 6 nitrogen and oxygen atoms in total. The molecule has 190 valence electrons. The number of ether oxygens (including phenoxy) is 1. The van der Waals surface area contributed by atoms with Crippen molar-refractivity contribution in [1.29, 1.82) is 0 Å². The smallest absolute Gasteiger partial charge is 0.340 e. The van der Waals surface area contributed by atoms with Crippen molar-refractivity contribution in [2.24, 2.45) is 5.92 Å². The zero-order valence-electron chi connectivity index (χ0n) is 20.8. The van der Waals surface area contributed by atoms with E-state index < -0.39 is 11.2 Å². The van der Waals surface area contributed by atoms with Crippen LogP contribution in [0.4, 0.5) is 0 Å². The van der Waals surface area contributed by atoms with Crippen molar-refractivity contribution >= 4 is 32.8 Å². The number of hydrogen-bond donors (Lipinski definition) is 1. The summed E-state index contributed by atoms with van der Waals surface area (Å²) in [5.74, 6) is 0.699. The molecule has 1 saturated heterocycles. The Morgan fingerprint density at radius 2 is 1.92 bits per heavy atom. The number of nitrogens with zero attached hydrogens (tertiary/aromatic N) is 1. The number of fused-ring (bicyclic) bond motifs is 2. The second-order valence-corrected chi connectivity index (χ2v) is 11.2. The number of carbonyl (C=O) groups excluding carboxylic acids is 1. The summed E-state index contributed by atoms with van der Waals surface area (Å²) < 4.78 is 12.8. The Labute approximate surface area is 219 Å². The van der Waals surface area contributed by atoms with Crippen LogP contribution in [-0.4, -0.2) is 34.6 Å². The minimum Gasteiger partial charge on any atom is -0.488 e. The van der Waals surface area contributed by atoms with E-state index in [9.17, 15) is 14.7 Å². The molecule has 0 bridgehead atoms. The minimum absolute atomic E-state index is 0.0100. The van der Waals surface area contributed by atoms with E-state index >= 15 is 0 Å². The van der Waals surface area contributed by atoms with Crippen LogP contribution < -0.4 is 10.4 Å². The molecule has 2 heterocycles. The van der Waals surface area contributed by atoms with Gasteiger partial charge in [0.25, 0.3) is 0 Å². The number of carbonyl (C=O) groups is 1. The van der Waals surface area contributed by atoms with Crippen molar-refractivity contribution in [3.63, 3.8) is 0 Å². The van der Waals surface area contributed by atoms with Crippen molar-refractivity contribution in [3.8, 4) is 5.75 Å². The number of benzene rings is 2. The fraction of sp³-hybridized carbons (Fsp3) is 0.448. The van der Waals surface area contributed by atoms with Crippen LogP contribution in [0, 0.1) is 19.8 Å². The molecule has 36 heavy (non-hydrogen) atoms. The maximum atomic E-state index is 13.2. The third-order valence-corrected chi connectivity index (χ3v) is 8.60. The number of likely N-dealkylation sites (tertiary alicyclic amines) is 1. The molecule has 2 aromatic carbocycles. The van der Waals surface area contributed by atoms with Gasteiger partial charge in [-0.1, -0.05) is 40.9 Å². The molecule has 1 N–H and O–H groups in total. The zero-order chi connectivity index (χ0) is 25.4. The highest BCUT2D eigenvalue weighted by Crippen LogP contribution is 2.40. The molecular formula is C29H32BrNO5. The summed E-state index contributed by atoms with van der Waals surface area (Å²) in [4.78, 5) is 28.0. The molecular weight excluding hydrogens is 522 g/mol. The highest BCUT2D eigenvalue weighted by molar-refractivity contribution is 9.10. The van der Waals surface area contributed by atoms with Gasteiger partial charge in [-0.05, 0) is 68.5 Å². The standard InChI is InChI=1S/C29H32BrNO5/c1-18-23-10-11-25(35-17-20-6-8-22(30)9-7-20)19(2)27(23)36-28(33)24(18)15-26(32)31-14-13-29(34)12-4-3-5-21(29)16-31/h6-11,21,34H,3-5,12-17H2,1-2H3/t21-,29-/m0/s1. The van der Waals surface area contributed by atoms with E-state index in [1.807, 2.05) is 55.1 Å². The van der Waals surface area contributed by atoms with Crippen molar-refractivity contribution in [3.05, 3.63) is 73.5 Å². The van der Waals surface area contributed by atoms with Gasteiger partial charge in [-0.2, -0.15) is 0 Å². The number of piperidine rings is 1. The van der Waals surface area contributed by atoms with E-state index in [1.54, 1.807) is 0 Å². The molecule has 2 atom stereocenters. The lowest BCUT2D eigenvalue weighted by molar-refractivity contribution is -0.142. The molecule has 7 heteroatoms. The number of halogens is 1. The topological polar surface area (TPSA) is 80.0 Å². The molecule has 1 saturated carbocycles. The van der Waals surface area contributed by atoms with Crippen molar-refractivity contribution in [1.82, 2.24) is 4.90 Å². The maximum Gasteiger partial charge on any atom is 0.340 e. The zero-order valence-corrected chi connectivity index (χ0v) is 22.4. The Hall–Kier alpha value is -2.64. The van der Waals surface area contributed by atoms with Crippen LogP contribution in [0.15, 0.2) is 50.1 Å². The summed E-state index contributed by atoms with van der Waals surface area (Å²) >= 11 is 3.44. The quantitative estimate of drug-likeness (QED) is 0.425. The van der Waals surface area contributed by atoms with Gasteiger partial charge in [-0.3, -0.25) is 4.79 Å². The summed E-state index contributed by atoms with van der Waals surface area (Å²) in [6.07, 6.45) is 4.53. The van der Waals surface area contributed by atoms with E-state index in [0.717, 1.165) is 52.2 Å². The molecule has 1 aliphatic carbocycles. The van der Waals surface area contributed by atoms with E-state index in [1.165, 1.54) is 0 Å². The predicted molar refractivity (Wildman–Crippen MR) is 142 cm³/mol. The van der Waals surface area contributed by atoms with Gasteiger partial charge in [-0.15, -0.1) is 0 Å². The van der Waals surface area contributed by atoms with Crippen molar-refractivity contribution in [2.45, 2.75) is 64.6 Å². The van der Waals surface area contributed by atoms with Gasteiger partial charge in [0.2, 0.25) is 5.91 Å². The van der Waals surface area contributed by atoms with Crippen LogP contribution in [-0.2, 0) is 17.8 Å². The predicted octanol–water partition coefficient (Wildman–Crippen LogP) is 5.45. The lowest BCUT2D eigenvalue weighted by Crippen LogP contribution is -2.55. The Balaban J connectivity index is 1.34. The first-order valence-corrected chi connectivity index (χ1v) is 13.5. The van der Waals surface area contributed by atoms with Gasteiger partial charge < -0.3 is 19.2 Å². The molecule has 1 aliphatic heterocycles. The second-order valence-electron chi connectivity index (χ2n) is 10.3. The molecule has 1 aromatic heterocycles. The fourth-order valence-electron chi connectivity index (χ4n) is 5.73. The van der Waals surface area contributed by atoms with E-state index in [-0.39, 0.29) is 18.2 Å². The van der Waals surface area contributed by atoms with Crippen LogP contribution >= 0.6 is 15.9 Å². The fourth-order valence-corrected chi connectivity index (χ4v) is 6.00. The van der Waals surface area contributed by atoms with Crippen LogP contribution in [0.2, 0.25) is 0 Å². The van der Waals surface area contributed by atoms with Crippen LogP contribution in [0.5, 0.6) is 5.75 Å². The summed E-state index contributed by atoms with van der Waals surface area (Å²) in [6, 6.07) is 11.7. The Morgan fingerprint density at radius 3 is 2.69 bits per heavy atom. The van der Waals surface area contributed by atoms with Gasteiger partial charge in [0.05, 0.1) is 17.6 Å². The molecule has 2 fully saturated rings. The first-order valence-electron chi connectivity index (χ1n) is 12.7. The molecule has 0 spiro atoms. The van der Waals surface area contributed by atoms with Crippen molar-refractivity contribution < 1.29 is 19.1 Å². The Bertz CT molecular complexity index is 1350. The summed E-state index contributed by atoms with van der Waals surface area (Å²) in [7, 11) is 0. The minimum atomic E-state index is -0.637. The first-order chi connectivity index (χ1) is 17.2. The number of amides is 1. The summed E-state index contributed by atoms with van der Waals surface area (Å²) in [5.41, 5.74) is 2.34. The molecule has 1 amide bonds. The number of aryl methyl sites for hydroxylation is 2. The largest absolute Gasteiger partial charge is 0.488 e. The van der Waals surface area contributed by atoms with Gasteiger partial charge in [0.15, 0.2) is 0 Å². The highest BCUT2D eigenvalue weighted by Gasteiger charge is 2.43. The SMILES string of the molecule is Cc1c(CC(=O)N2CC[C@@]3(O)CCCC[C@H]3C2)c(=O)oc2c(C)c(OCc3ccc(Br)cc3)ccc12. The average Bonchev–Trinajstić information content (AvgIpc) is 2.87. The lowest BCUT2D eigenvalue weighted by Gasteiger charge is -2.47. The Kier molecular flexibility index (Phi) is 6.97. The molecule has 3 aromatic rings. The van der Waals surface area contributed by atoms with Crippen molar-refractivity contribution in [2.75, 3.05) is 13.1 Å². The van der Waals surface area contributed by atoms with Crippen LogP contribution in [0.25, 0.3) is 11.0 Å². The van der Waals surface area contributed by atoms with E-state index in [2.05, 4.69) is 15.9 Å². The number of aliphatic hydroxyl groups is 1. The molecule has 0 unspecified atom stereocenters. The van der Waals surface area contributed by atoms with E-state index in [0.29, 0.717) is 43.0 Å². The van der Waals surface area contributed by atoms with Gasteiger partial charge >= 0.3 is 5.63 Å². The summed E-state index contributed by atoms with van der Waals surface area (Å²) in [6.45, 7) is 5.25. The Morgan fingerprint density at radius 1 is 1.14 bits per heavy atom. The molecule has 2 aliphatic rings. The van der Waals surface area contributed by atoms with Crippen LogP contribution in [0.3, 0.4) is 0 Å². The van der Waals surface area contributed by atoms with Gasteiger partial charge in [-0.25, -0.2) is 4.79 Å². The maximum absolute atomic E-state index is 13.2. The van der Waals surface area contributed by atoms with Gasteiger partial charge in [0.1, 0.15) is 17.9 Å². The second kappa shape index (κ2) is 10.0. The average molecular weight is 554 g/mol. The third-order valence-electron chi connectivity index (χ3n) is 8.07. The van der Waals surface area contributed by atoms with E-state index in [4.69, 9.17) is 9.15 Å². The lowest BCUT2D eigenvalue weighted by atomic mass is 9.71. The molecule has 5 rings (SSSR count). The normalized spacial score (nSPS) is 21.9. The number of hydrogen-bond acceptors (Lipinski definition) is 5. The third kappa shape index (κ3) is 4.83.